The second-order valence-electron chi connectivity index (χ2n) is 7.19. The van der Waals surface area contributed by atoms with Gasteiger partial charge in [-0.3, -0.25) is 0 Å². The first-order valence-electron chi connectivity index (χ1n) is 8.41. The Hall–Kier alpha value is -1.94. The van der Waals surface area contributed by atoms with E-state index in [0.29, 0.717) is 5.41 Å². The van der Waals surface area contributed by atoms with Crippen LogP contribution in [0, 0.1) is 5.41 Å². The molecule has 4 rings (SSSR count). The van der Waals surface area contributed by atoms with Crippen molar-refractivity contribution in [1.82, 2.24) is 4.98 Å². The van der Waals surface area contributed by atoms with E-state index in [4.69, 9.17) is 0 Å². The highest BCUT2D eigenvalue weighted by molar-refractivity contribution is 7.90. The Morgan fingerprint density at radius 3 is 2.08 bits per heavy atom. The zero-order valence-corrected chi connectivity index (χ0v) is 14.6. The number of sulfone groups is 1. The molecular formula is C20H21NO2S. The molecule has 0 N–H and O–H groups in total. The van der Waals surface area contributed by atoms with Crippen LogP contribution in [-0.4, -0.2) is 19.7 Å². The van der Waals surface area contributed by atoms with E-state index in [0.717, 1.165) is 18.4 Å². The molecule has 0 amide bonds. The number of hydrogen-bond donors (Lipinski definition) is 0. The molecule has 1 aromatic heterocycles. The predicted molar refractivity (Wildman–Crippen MR) is 96.1 cm³/mol. The Morgan fingerprint density at radius 1 is 0.917 bits per heavy atom. The van der Waals surface area contributed by atoms with Crippen molar-refractivity contribution in [3.63, 3.8) is 0 Å². The lowest BCUT2D eigenvalue weighted by Crippen LogP contribution is -2.26. The summed E-state index contributed by atoms with van der Waals surface area (Å²) in [4.78, 5) is 4.19. The minimum absolute atomic E-state index is 0.143. The lowest BCUT2D eigenvalue weighted by Gasteiger charge is -2.39. The van der Waals surface area contributed by atoms with Gasteiger partial charge in [-0.15, -0.1) is 0 Å². The van der Waals surface area contributed by atoms with Crippen molar-refractivity contribution in [3.05, 3.63) is 59.8 Å². The van der Waals surface area contributed by atoms with Gasteiger partial charge in [-0.2, -0.15) is 0 Å². The van der Waals surface area contributed by atoms with E-state index in [1.54, 1.807) is 12.3 Å². The summed E-state index contributed by atoms with van der Waals surface area (Å²) in [5.74, 6) is 0. The molecule has 0 unspecified atom stereocenters. The van der Waals surface area contributed by atoms with Crippen molar-refractivity contribution in [3.8, 4) is 0 Å². The molecule has 3 nitrogen and oxygen atoms in total. The van der Waals surface area contributed by atoms with Crippen LogP contribution in [0.1, 0.15) is 43.2 Å². The second kappa shape index (κ2) is 5.55. The van der Waals surface area contributed by atoms with Crippen molar-refractivity contribution in [2.45, 2.75) is 37.1 Å². The first kappa shape index (κ1) is 15.6. The van der Waals surface area contributed by atoms with Gasteiger partial charge in [0.1, 0.15) is 0 Å². The van der Waals surface area contributed by atoms with E-state index in [-0.39, 0.29) is 5.03 Å². The van der Waals surface area contributed by atoms with Crippen LogP contribution in [0.3, 0.4) is 0 Å². The Kier molecular flexibility index (Phi) is 3.61. The van der Waals surface area contributed by atoms with Gasteiger partial charge in [0.2, 0.25) is 0 Å². The largest absolute Gasteiger partial charge is 0.244 e. The van der Waals surface area contributed by atoms with Crippen molar-refractivity contribution in [2.24, 2.45) is 5.41 Å². The van der Waals surface area contributed by atoms with Crippen molar-refractivity contribution in [1.29, 1.82) is 0 Å². The first-order valence-corrected chi connectivity index (χ1v) is 10.3. The molecule has 4 heteroatoms. The van der Waals surface area contributed by atoms with E-state index < -0.39 is 9.84 Å². The molecule has 2 aliphatic rings. The minimum atomic E-state index is -3.25. The fourth-order valence-electron chi connectivity index (χ4n) is 4.03. The Labute approximate surface area is 143 Å². The summed E-state index contributed by atoms with van der Waals surface area (Å²) in [6.07, 6.45) is 9.04. The van der Waals surface area contributed by atoms with Crippen molar-refractivity contribution >= 4 is 21.0 Å². The summed E-state index contributed by atoms with van der Waals surface area (Å²) in [5, 5.41) is 0.143. The van der Waals surface area contributed by atoms with Crippen LogP contribution in [0.5, 0.6) is 0 Å². The monoisotopic (exact) mass is 339 g/mol. The zero-order valence-electron chi connectivity index (χ0n) is 13.8. The molecule has 1 spiro atoms. The van der Waals surface area contributed by atoms with Crippen LogP contribution in [0.25, 0.3) is 11.1 Å². The summed E-state index contributed by atoms with van der Waals surface area (Å²) < 4.78 is 23.3. The summed E-state index contributed by atoms with van der Waals surface area (Å²) >= 11 is 0. The number of benzene rings is 1. The van der Waals surface area contributed by atoms with Crippen molar-refractivity contribution in [2.75, 3.05) is 6.26 Å². The van der Waals surface area contributed by atoms with Crippen LogP contribution in [0.4, 0.5) is 0 Å². The van der Waals surface area contributed by atoms with Gasteiger partial charge in [-0.25, -0.2) is 13.4 Å². The van der Waals surface area contributed by atoms with Crippen LogP contribution in [-0.2, 0) is 9.84 Å². The maximum Gasteiger partial charge on any atom is 0.192 e. The third-order valence-corrected chi connectivity index (χ3v) is 6.47. The molecule has 0 radical (unpaired) electrons. The highest BCUT2D eigenvalue weighted by Gasteiger charge is 2.43. The Balaban J connectivity index is 1.77. The average molecular weight is 339 g/mol. The van der Waals surface area contributed by atoms with E-state index >= 15 is 0 Å². The summed E-state index contributed by atoms with van der Waals surface area (Å²) in [5.41, 5.74) is 5.52. The van der Waals surface area contributed by atoms with Crippen LogP contribution in [0.2, 0.25) is 0 Å². The third-order valence-electron chi connectivity index (χ3n) is 5.47. The van der Waals surface area contributed by atoms with E-state index in [2.05, 4.69) is 29.2 Å². The van der Waals surface area contributed by atoms with Gasteiger partial charge >= 0.3 is 0 Å². The van der Waals surface area contributed by atoms with Gasteiger partial charge in [-0.05, 0) is 59.4 Å². The molecule has 24 heavy (non-hydrogen) atoms. The molecule has 1 aromatic carbocycles. The lowest BCUT2D eigenvalue weighted by atomic mass is 9.66. The highest BCUT2D eigenvalue weighted by Crippen LogP contribution is 2.59. The quantitative estimate of drug-likeness (QED) is 0.835. The Morgan fingerprint density at radius 2 is 1.58 bits per heavy atom. The van der Waals surface area contributed by atoms with E-state index in [1.165, 1.54) is 42.2 Å². The molecule has 124 valence electrons. The number of nitrogens with zero attached hydrogens (tertiary/aromatic N) is 1. The average Bonchev–Trinajstić information content (AvgIpc) is 2.96. The number of pyridine rings is 1. The van der Waals surface area contributed by atoms with Gasteiger partial charge in [-0.1, -0.05) is 42.8 Å². The Bertz CT molecular complexity index is 892. The lowest BCUT2D eigenvalue weighted by molar-refractivity contribution is 0.157. The zero-order chi connectivity index (χ0) is 16.8. The molecule has 2 aromatic rings. The molecule has 0 saturated heterocycles. The standard InChI is InChI=1S/C20H21NO2S/c1-24(22,23)19-9-8-16(14-21-19)18-13-20(10-5-11-20)12-17(18)15-6-3-2-4-7-15/h2-4,6-9,14H,5,10-13H2,1H3. The molecule has 0 aliphatic heterocycles. The fraction of sp³-hybridized carbons (Fsp3) is 0.350. The minimum Gasteiger partial charge on any atom is -0.244 e. The fourth-order valence-corrected chi connectivity index (χ4v) is 4.59. The van der Waals surface area contributed by atoms with Crippen LogP contribution in [0.15, 0.2) is 53.7 Å². The molecule has 0 bridgehead atoms. The van der Waals surface area contributed by atoms with Crippen LogP contribution < -0.4 is 0 Å². The van der Waals surface area contributed by atoms with E-state index in [1.807, 2.05) is 12.1 Å². The highest BCUT2D eigenvalue weighted by atomic mass is 32.2. The van der Waals surface area contributed by atoms with Gasteiger partial charge in [0.15, 0.2) is 14.9 Å². The normalized spacial score (nSPS) is 19.5. The number of rotatable bonds is 3. The SMILES string of the molecule is CS(=O)(=O)c1ccc(C2=C(c3ccccc3)CC3(CCC3)C2)cn1. The van der Waals surface area contributed by atoms with Gasteiger partial charge in [0, 0.05) is 12.5 Å². The first-order chi connectivity index (χ1) is 11.5. The van der Waals surface area contributed by atoms with E-state index in [9.17, 15) is 8.42 Å². The maximum absolute atomic E-state index is 11.6. The second-order valence-corrected chi connectivity index (χ2v) is 9.15. The van der Waals surface area contributed by atoms with Crippen molar-refractivity contribution < 1.29 is 8.42 Å². The topological polar surface area (TPSA) is 47.0 Å². The third kappa shape index (κ3) is 2.69. The summed E-state index contributed by atoms with van der Waals surface area (Å²) in [6, 6.07) is 14.1. The molecular weight excluding hydrogens is 318 g/mol. The smallest absolute Gasteiger partial charge is 0.192 e. The predicted octanol–water partition coefficient (Wildman–Crippen LogP) is 4.36. The number of hydrogen-bond acceptors (Lipinski definition) is 3. The van der Waals surface area contributed by atoms with Gasteiger partial charge < -0.3 is 0 Å². The maximum atomic E-state index is 11.6. The molecule has 2 aliphatic carbocycles. The van der Waals surface area contributed by atoms with Gasteiger partial charge in [0.05, 0.1) is 0 Å². The molecule has 0 atom stereocenters. The molecule has 1 fully saturated rings. The summed E-state index contributed by atoms with van der Waals surface area (Å²) in [7, 11) is -3.25. The molecule has 1 heterocycles. The number of allylic oxidation sites excluding steroid dienone is 2. The van der Waals surface area contributed by atoms with Gasteiger partial charge in [0.25, 0.3) is 0 Å². The van der Waals surface area contributed by atoms with Crippen LogP contribution >= 0.6 is 0 Å². The number of aromatic nitrogens is 1. The summed E-state index contributed by atoms with van der Waals surface area (Å²) in [6.45, 7) is 0. The molecule has 1 saturated carbocycles.